The molecule has 0 aromatic heterocycles. The molecule has 0 amide bonds. The minimum absolute atomic E-state index is 0.324. The van der Waals surface area contributed by atoms with E-state index in [1.807, 2.05) is 0 Å². The van der Waals surface area contributed by atoms with Crippen molar-refractivity contribution < 1.29 is 5.11 Å². The zero-order valence-electron chi connectivity index (χ0n) is 10.2. The van der Waals surface area contributed by atoms with Crippen LogP contribution < -0.4 is 0 Å². The average molecular weight is 221 g/mol. The Bertz CT molecular complexity index is 261. The van der Waals surface area contributed by atoms with Crippen LogP contribution in [0.1, 0.15) is 31.7 Å². The number of unbranched alkanes of at least 4 members (excludes halogenated alkanes) is 2. The molecule has 0 fully saturated rings. The molecule has 1 aromatic rings. The van der Waals surface area contributed by atoms with Crippen LogP contribution in [0, 0.1) is 0 Å². The van der Waals surface area contributed by atoms with Crippen molar-refractivity contribution in [3.05, 3.63) is 35.9 Å². The number of hydrogen-bond acceptors (Lipinski definition) is 2. The van der Waals surface area contributed by atoms with E-state index in [1.165, 1.54) is 12.0 Å². The highest BCUT2D eigenvalue weighted by Crippen LogP contribution is 2.06. The van der Waals surface area contributed by atoms with Crippen molar-refractivity contribution in [1.29, 1.82) is 0 Å². The topological polar surface area (TPSA) is 23.5 Å². The molecule has 0 unspecified atom stereocenters. The van der Waals surface area contributed by atoms with Crippen LogP contribution in [-0.2, 0) is 6.54 Å². The van der Waals surface area contributed by atoms with Gasteiger partial charge in [-0.15, -0.1) is 0 Å². The summed E-state index contributed by atoms with van der Waals surface area (Å²) >= 11 is 0. The van der Waals surface area contributed by atoms with Gasteiger partial charge in [-0.1, -0.05) is 37.3 Å². The lowest BCUT2D eigenvalue weighted by Gasteiger charge is -2.20. The van der Waals surface area contributed by atoms with Gasteiger partial charge in [0.25, 0.3) is 0 Å². The fourth-order valence-corrected chi connectivity index (χ4v) is 1.81. The number of aliphatic hydroxyl groups is 1. The third-order valence-corrected chi connectivity index (χ3v) is 2.83. The third kappa shape index (κ3) is 5.29. The summed E-state index contributed by atoms with van der Waals surface area (Å²) in [6.07, 6.45) is 3.24. The number of rotatable bonds is 8. The second kappa shape index (κ2) is 8.31. The molecule has 0 atom stereocenters. The van der Waals surface area contributed by atoms with Crippen LogP contribution >= 0.6 is 0 Å². The van der Waals surface area contributed by atoms with Crippen molar-refractivity contribution in [3.8, 4) is 0 Å². The van der Waals surface area contributed by atoms with Crippen molar-refractivity contribution in [2.24, 2.45) is 0 Å². The maximum atomic E-state index is 8.71. The van der Waals surface area contributed by atoms with E-state index in [0.717, 1.165) is 32.5 Å². The summed E-state index contributed by atoms with van der Waals surface area (Å²) in [6, 6.07) is 10.6. The zero-order valence-corrected chi connectivity index (χ0v) is 10.2. The van der Waals surface area contributed by atoms with E-state index in [0.29, 0.717) is 6.61 Å². The van der Waals surface area contributed by atoms with E-state index in [2.05, 4.69) is 42.2 Å². The molecular weight excluding hydrogens is 198 g/mol. The van der Waals surface area contributed by atoms with E-state index < -0.39 is 0 Å². The predicted molar refractivity (Wildman–Crippen MR) is 68.3 cm³/mol. The van der Waals surface area contributed by atoms with E-state index in [4.69, 9.17) is 5.11 Å². The molecule has 1 rings (SSSR count). The van der Waals surface area contributed by atoms with Crippen molar-refractivity contribution in [1.82, 2.24) is 4.90 Å². The van der Waals surface area contributed by atoms with E-state index in [-0.39, 0.29) is 0 Å². The first-order chi connectivity index (χ1) is 7.86. The Morgan fingerprint density at radius 1 is 1.06 bits per heavy atom. The molecule has 0 bridgehead atoms. The molecule has 0 aliphatic rings. The molecule has 1 aromatic carbocycles. The second-order valence-electron chi connectivity index (χ2n) is 4.14. The highest BCUT2D eigenvalue weighted by molar-refractivity contribution is 5.14. The Hall–Kier alpha value is -0.860. The highest BCUT2D eigenvalue weighted by atomic mass is 16.2. The van der Waals surface area contributed by atoms with Gasteiger partial charge in [-0.25, -0.2) is 0 Å². The predicted octanol–water partition coefficient (Wildman–Crippen LogP) is 2.67. The maximum Gasteiger partial charge on any atom is 0.0431 e. The smallest absolute Gasteiger partial charge is 0.0431 e. The summed E-state index contributed by atoms with van der Waals surface area (Å²) in [5.74, 6) is 0. The van der Waals surface area contributed by atoms with Crippen LogP contribution in [0.2, 0.25) is 0 Å². The molecule has 16 heavy (non-hydrogen) atoms. The fourth-order valence-electron chi connectivity index (χ4n) is 1.81. The van der Waals surface area contributed by atoms with E-state index in [9.17, 15) is 0 Å². The van der Waals surface area contributed by atoms with Gasteiger partial charge in [0, 0.05) is 13.2 Å². The van der Waals surface area contributed by atoms with E-state index >= 15 is 0 Å². The van der Waals surface area contributed by atoms with Crippen LogP contribution in [0.25, 0.3) is 0 Å². The monoisotopic (exact) mass is 221 g/mol. The first-order valence-electron chi connectivity index (χ1n) is 6.24. The molecule has 0 saturated heterocycles. The van der Waals surface area contributed by atoms with Crippen molar-refractivity contribution in [2.45, 2.75) is 32.7 Å². The van der Waals surface area contributed by atoms with Gasteiger partial charge in [0.1, 0.15) is 0 Å². The lowest BCUT2D eigenvalue weighted by molar-refractivity contribution is 0.255. The Morgan fingerprint density at radius 2 is 1.81 bits per heavy atom. The van der Waals surface area contributed by atoms with Gasteiger partial charge in [-0.3, -0.25) is 4.90 Å². The van der Waals surface area contributed by atoms with Gasteiger partial charge in [0.15, 0.2) is 0 Å². The van der Waals surface area contributed by atoms with Gasteiger partial charge >= 0.3 is 0 Å². The Kier molecular flexibility index (Phi) is 6.86. The normalized spacial score (nSPS) is 10.9. The third-order valence-electron chi connectivity index (χ3n) is 2.83. The molecule has 0 saturated carbocycles. The second-order valence-corrected chi connectivity index (χ2v) is 4.14. The molecule has 1 N–H and O–H groups in total. The molecule has 0 spiro atoms. The maximum absolute atomic E-state index is 8.71. The van der Waals surface area contributed by atoms with Crippen LogP contribution in [0.15, 0.2) is 30.3 Å². The number of benzene rings is 1. The van der Waals surface area contributed by atoms with Gasteiger partial charge in [0.2, 0.25) is 0 Å². The fraction of sp³-hybridized carbons (Fsp3) is 0.571. The SMILES string of the molecule is CCN(CCCCCO)Cc1ccccc1. The molecule has 90 valence electrons. The minimum atomic E-state index is 0.324. The number of aliphatic hydroxyl groups excluding tert-OH is 1. The Labute approximate surface area is 98.9 Å². The summed E-state index contributed by atoms with van der Waals surface area (Å²) < 4.78 is 0. The lowest BCUT2D eigenvalue weighted by atomic mass is 10.2. The van der Waals surface area contributed by atoms with Crippen LogP contribution in [0.3, 0.4) is 0 Å². The summed E-state index contributed by atoms with van der Waals surface area (Å²) in [5, 5.41) is 8.71. The molecular formula is C14H23NO. The van der Waals surface area contributed by atoms with Gasteiger partial charge in [-0.2, -0.15) is 0 Å². The molecule has 2 heteroatoms. The standard InChI is InChI=1S/C14H23NO/c1-2-15(11-7-4-8-12-16)13-14-9-5-3-6-10-14/h3,5-6,9-10,16H,2,4,7-8,11-13H2,1H3. The molecule has 2 nitrogen and oxygen atoms in total. The van der Waals surface area contributed by atoms with Crippen LogP contribution in [0.5, 0.6) is 0 Å². The zero-order chi connectivity index (χ0) is 11.6. The van der Waals surface area contributed by atoms with Crippen molar-refractivity contribution in [2.75, 3.05) is 19.7 Å². The van der Waals surface area contributed by atoms with E-state index in [1.54, 1.807) is 0 Å². The minimum Gasteiger partial charge on any atom is -0.396 e. The Morgan fingerprint density at radius 3 is 2.44 bits per heavy atom. The van der Waals surface area contributed by atoms with Gasteiger partial charge in [0.05, 0.1) is 0 Å². The summed E-state index contributed by atoms with van der Waals surface area (Å²) in [6.45, 7) is 5.79. The van der Waals surface area contributed by atoms with Gasteiger partial charge in [-0.05, 0) is 37.9 Å². The number of nitrogens with zero attached hydrogens (tertiary/aromatic N) is 1. The molecule has 0 radical (unpaired) electrons. The molecule has 0 heterocycles. The van der Waals surface area contributed by atoms with Gasteiger partial charge < -0.3 is 5.11 Å². The average Bonchev–Trinajstić information content (AvgIpc) is 2.34. The van der Waals surface area contributed by atoms with Crippen LogP contribution in [-0.4, -0.2) is 29.7 Å². The Balaban J connectivity index is 2.26. The lowest BCUT2D eigenvalue weighted by Crippen LogP contribution is -2.24. The summed E-state index contributed by atoms with van der Waals surface area (Å²) in [4.78, 5) is 2.45. The largest absolute Gasteiger partial charge is 0.396 e. The van der Waals surface area contributed by atoms with Crippen molar-refractivity contribution >= 4 is 0 Å². The first kappa shape index (κ1) is 13.2. The van der Waals surface area contributed by atoms with Crippen molar-refractivity contribution in [3.63, 3.8) is 0 Å². The molecule has 0 aliphatic heterocycles. The quantitative estimate of drug-likeness (QED) is 0.682. The first-order valence-corrected chi connectivity index (χ1v) is 6.24. The molecule has 0 aliphatic carbocycles. The number of hydrogen-bond donors (Lipinski definition) is 1. The summed E-state index contributed by atoms with van der Waals surface area (Å²) in [7, 11) is 0. The summed E-state index contributed by atoms with van der Waals surface area (Å²) in [5.41, 5.74) is 1.38. The highest BCUT2D eigenvalue weighted by Gasteiger charge is 2.02. The van der Waals surface area contributed by atoms with Crippen LogP contribution in [0.4, 0.5) is 0 Å².